The SMILES string of the molecule is C=CC(=O)N1CCC(N[C@H]2COc3cc(-c4nc5ncc(-n6cccn6)cn5c4-c4ccccc4)ccc32)CC1. The number of piperidine rings is 1. The van der Waals surface area contributed by atoms with Gasteiger partial charge in [-0.15, -0.1) is 0 Å². The molecule has 0 aliphatic carbocycles. The van der Waals surface area contributed by atoms with Crippen molar-refractivity contribution in [3.63, 3.8) is 0 Å². The third kappa shape index (κ3) is 4.34. The summed E-state index contributed by atoms with van der Waals surface area (Å²) in [6.07, 6.45) is 10.7. The molecule has 40 heavy (non-hydrogen) atoms. The fourth-order valence-electron chi connectivity index (χ4n) is 5.71. The Bertz CT molecular complexity index is 1690. The molecule has 2 aliphatic rings. The number of benzene rings is 2. The molecule has 0 saturated carbocycles. The summed E-state index contributed by atoms with van der Waals surface area (Å²) in [5, 5.41) is 8.13. The van der Waals surface area contributed by atoms with Crippen LogP contribution in [0.2, 0.25) is 0 Å². The molecule has 1 atom stereocenters. The van der Waals surface area contributed by atoms with Crippen LogP contribution in [0.25, 0.3) is 34.0 Å². The molecule has 200 valence electrons. The molecule has 0 spiro atoms. The summed E-state index contributed by atoms with van der Waals surface area (Å²) in [4.78, 5) is 23.4. The maximum Gasteiger partial charge on any atom is 0.245 e. The van der Waals surface area contributed by atoms with E-state index >= 15 is 0 Å². The molecule has 9 nitrogen and oxygen atoms in total. The van der Waals surface area contributed by atoms with Crippen LogP contribution in [0.3, 0.4) is 0 Å². The van der Waals surface area contributed by atoms with Crippen LogP contribution in [0.15, 0.2) is 92.0 Å². The van der Waals surface area contributed by atoms with Gasteiger partial charge in [0.15, 0.2) is 0 Å². The van der Waals surface area contributed by atoms with Crippen molar-refractivity contribution in [3.05, 3.63) is 97.6 Å². The minimum atomic E-state index is 0.00940. The van der Waals surface area contributed by atoms with Gasteiger partial charge in [0.05, 0.1) is 29.3 Å². The number of fused-ring (bicyclic) bond motifs is 2. The molecular weight excluding hydrogens is 502 g/mol. The van der Waals surface area contributed by atoms with Gasteiger partial charge in [-0.1, -0.05) is 49.0 Å². The molecule has 2 aliphatic heterocycles. The van der Waals surface area contributed by atoms with Gasteiger partial charge >= 0.3 is 0 Å². The summed E-state index contributed by atoms with van der Waals surface area (Å²) in [6.45, 7) is 5.67. The fourth-order valence-corrected chi connectivity index (χ4v) is 5.71. The van der Waals surface area contributed by atoms with Crippen molar-refractivity contribution in [2.75, 3.05) is 19.7 Å². The van der Waals surface area contributed by atoms with Crippen molar-refractivity contribution in [1.82, 2.24) is 34.4 Å². The normalized spacial score (nSPS) is 17.1. The number of hydrogen-bond donors (Lipinski definition) is 1. The number of imidazole rings is 1. The van der Waals surface area contributed by atoms with Crippen molar-refractivity contribution in [2.24, 2.45) is 0 Å². The zero-order chi connectivity index (χ0) is 27.1. The largest absolute Gasteiger partial charge is 0.491 e. The van der Waals surface area contributed by atoms with E-state index < -0.39 is 0 Å². The minimum Gasteiger partial charge on any atom is -0.491 e. The summed E-state index contributed by atoms with van der Waals surface area (Å²) in [5.41, 5.74) is 5.83. The molecule has 1 amide bonds. The van der Waals surface area contributed by atoms with E-state index in [1.807, 2.05) is 46.0 Å². The van der Waals surface area contributed by atoms with Crippen LogP contribution in [0.5, 0.6) is 5.75 Å². The summed E-state index contributed by atoms with van der Waals surface area (Å²) in [7, 11) is 0. The average molecular weight is 532 g/mol. The standard InChI is InChI=1S/C31H29N7O2/c1-2-28(39)36-15-11-23(12-16-36)34-26-20-40-27-17-22(9-10-25(26)27)29-30(21-7-4-3-5-8-21)37-19-24(18-32-31(37)35-29)38-14-6-13-33-38/h2-10,13-14,17-19,23,26,34H,1,11-12,15-16,20H2/t26-/m0/s1. The Morgan fingerprint density at radius 3 is 2.70 bits per heavy atom. The summed E-state index contributed by atoms with van der Waals surface area (Å²) >= 11 is 0. The topological polar surface area (TPSA) is 89.6 Å². The number of carbonyl (C=O) groups excluding carboxylic acids is 1. The molecule has 1 fully saturated rings. The highest BCUT2D eigenvalue weighted by atomic mass is 16.5. The number of likely N-dealkylation sites (tertiary alicyclic amines) is 1. The lowest BCUT2D eigenvalue weighted by Crippen LogP contribution is -2.45. The molecule has 0 unspecified atom stereocenters. The molecule has 2 aromatic carbocycles. The summed E-state index contributed by atoms with van der Waals surface area (Å²) in [6, 6.07) is 18.9. The zero-order valence-electron chi connectivity index (χ0n) is 22.0. The van der Waals surface area contributed by atoms with E-state index in [1.54, 1.807) is 17.1 Å². The smallest absolute Gasteiger partial charge is 0.245 e. The highest BCUT2D eigenvalue weighted by molar-refractivity contribution is 5.87. The second-order valence-electron chi connectivity index (χ2n) is 10.2. The van der Waals surface area contributed by atoms with E-state index in [-0.39, 0.29) is 11.9 Å². The number of amides is 1. The summed E-state index contributed by atoms with van der Waals surface area (Å²) < 4.78 is 10.00. The number of nitrogens with one attached hydrogen (secondary N) is 1. The van der Waals surface area contributed by atoms with Gasteiger partial charge in [0.25, 0.3) is 0 Å². The van der Waals surface area contributed by atoms with Crippen molar-refractivity contribution in [1.29, 1.82) is 0 Å². The first-order valence-corrected chi connectivity index (χ1v) is 13.6. The van der Waals surface area contributed by atoms with Crippen molar-refractivity contribution in [2.45, 2.75) is 24.9 Å². The van der Waals surface area contributed by atoms with Gasteiger partial charge in [0.1, 0.15) is 12.4 Å². The van der Waals surface area contributed by atoms with Gasteiger partial charge < -0.3 is 15.0 Å². The number of rotatable bonds is 6. The Hall–Kier alpha value is -4.76. The number of nitrogens with zero attached hydrogens (tertiary/aromatic N) is 6. The minimum absolute atomic E-state index is 0.00940. The molecule has 0 bridgehead atoms. The van der Waals surface area contributed by atoms with Gasteiger partial charge in [0, 0.05) is 54.4 Å². The molecule has 7 rings (SSSR count). The fraction of sp³-hybridized carbons (Fsp3) is 0.226. The molecule has 3 aromatic heterocycles. The maximum atomic E-state index is 11.9. The molecule has 0 radical (unpaired) electrons. The lowest BCUT2D eigenvalue weighted by molar-refractivity contribution is -0.127. The predicted molar refractivity (Wildman–Crippen MR) is 152 cm³/mol. The number of ether oxygens (including phenoxy) is 1. The molecule has 1 N–H and O–H groups in total. The Morgan fingerprint density at radius 1 is 1.07 bits per heavy atom. The Labute approximate surface area is 231 Å². The van der Waals surface area contributed by atoms with Crippen LogP contribution in [-0.2, 0) is 4.79 Å². The van der Waals surface area contributed by atoms with E-state index in [0.29, 0.717) is 18.4 Å². The van der Waals surface area contributed by atoms with E-state index in [0.717, 1.165) is 65.4 Å². The van der Waals surface area contributed by atoms with E-state index in [2.05, 4.69) is 52.3 Å². The van der Waals surface area contributed by atoms with Gasteiger partial charge in [-0.2, -0.15) is 5.10 Å². The van der Waals surface area contributed by atoms with Gasteiger partial charge in [-0.05, 0) is 31.1 Å². The Morgan fingerprint density at radius 2 is 1.93 bits per heavy atom. The van der Waals surface area contributed by atoms with Gasteiger partial charge in [-0.25, -0.2) is 14.6 Å². The molecular formula is C31H29N7O2. The molecule has 5 aromatic rings. The van der Waals surface area contributed by atoms with Crippen LogP contribution in [0.1, 0.15) is 24.4 Å². The molecule has 1 saturated heterocycles. The highest BCUT2D eigenvalue weighted by Gasteiger charge is 2.30. The summed E-state index contributed by atoms with van der Waals surface area (Å²) in [5.74, 6) is 1.50. The van der Waals surface area contributed by atoms with Crippen molar-refractivity contribution >= 4 is 11.7 Å². The van der Waals surface area contributed by atoms with Crippen LogP contribution in [-0.4, -0.2) is 60.7 Å². The van der Waals surface area contributed by atoms with Crippen LogP contribution in [0, 0.1) is 0 Å². The lowest BCUT2D eigenvalue weighted by atomic mass is 9.99. The first kappa shape index (κ1) is 24.3. The lowest BCUT2D eigenvalue weighted by Gasteiger charge is -2.33. The monoisotopic (exact) mass is 531 g/mol. The number of aromatic nitrogens is 5. The predicted octanol–water partition coefficient (Wildman–Crippen LogP) is 4.45. The Kier molecular flexibility index (Phi) is 6.13. The van der Waals surface area contributed by atoms with Crippen LogP contribution in [0.4, 0.5) is 0 Å². The Balaban J connectivity index is 1.20. The van der Waals surface area contributed by atoms with E-state index in [9.17, 15) is 4.79 Å². The average Bonchev–Trinajstić information content (AvgIpc) is 3.76. The van der Waals surface area contributed by atoms with E-state index in [1.165, 1.54) is 6.08 Å². The van der Waals surface area contributed by atoms with Crippen LogP contribution < -0.4 is 10.1 Å². The number of carbonyl (C=O) groups is 1. The maximum absolute atomic E-state index is 11.9. The highest BCUT2D eigenvalue weighted by Crippen LogP contribution is 2.39. The molecule has 5 heterocycles. The van der Waals surface area contributed by atoms with Crippen LogP contribution >= 0.6 is 0 Å². The second kappa shape index (κ2) is 10.1. The van der Waals surface area contributed by atoms with E-state index in [4.69, 9.17) is 9.72 Å². The zero-order valence-corrected chi connectivity index (χ0v) is 22.0. The second-order valence-corrected chi connectivity index (χ2v) is 10.2. The molecule has 9 heteroatoms. The van der Waals surface area contributed by atoms with Gasteiger partial charge in [0.2, 0.25) is 11.7 Å². The third-order valence-corrected chi connectivity index (χ3v) is 7.77. The van der Waals surface area contributed by atoms with Crippen molar-refractivity contribution < 1.29 is 9.53 Å². The number of hydrogen-bond acceptors (Lipinski definition) is 6. The van der Waals surface area contributed by atoms with Crippen molar-refractivity contribution in [3.8, 4) is 34.0 Å². The first-order valence-electron chi connectivity index (χ1n) is 13.6. The van der Waals surface area contributed by atoms with Gasteiger partial charge in [-0.3, -0.25) is 9.20 Å². The quantitative estimate of drug-likeness (QED) is 0.326. The first-order chi connectivity index (χ1) is 19.7. The third-order valence-electron chi connectivity index (χ3n) is 7.77.